The molecule has 0 aliphatic heterocycles. The number of aromatic nitrogens is 1. The summed E-state index contributed by atoms with van der Waals surface area (Å²) >= 11 is 0. The Kier molecular flexibility index (Phi) is 4.20. The maximum Gasteiger partial charge on any atom is 0.573 e. The smallest absolute Gasteiger partial charge is 0.404 e. The summed E-state index contributed by atoms with van der Waals surface area (Å²) in [4.78, 5) is 3.85. The van der Waals surface area contributed by atoms with Crippen LogP contribution >= 0.6 is 0 Å². The molecular weight excluding hydrogens is 233 g/mol. The van der Waals surface area contributed by atoms with E-state index in [1.54, 1.807) is 0 Å². The number of alkyl halides is 3. The first kappa shape index (κ1) is 13.6. The number of nitrogens with zero attached hydrogens (tertiary/aromatic N) is 1. The lowest BCUT2D eigenvalue weighted by atomic mass is 10.1. The largest absolute Gasteiger partial charge is 0.573 e. The Balaban J connectivity index is 2.62. The standard InChI is InChI=1S/C11H15F3N2O/c1-7(2)8(3)16-10-5-4-9(6-15-10)17-11(12,13)14/h4-8H,1-3H3,(H,15,16). The van der Waals surface area contributed by atoms with Crippen LogP contribution in [0.1, 0.15) is 20.8 Å². The zero-order valence-corrected chi connectivity index (χ0v) is 9.88. The van der Waals surface area contributed by atoms with Crippen molar-refractivity contribution in [2.45, 2.75) is 33.2 Å². The van der Waals surface area contributed by atoms with E-state index in [0.29, 0.717) is 11.7 Å². The summed E-state index contributed by atoms with van der Waals surface area (Å²) < 4.78 is 39.4. The molecule has 0 aromatic carbocycles. The van der Waals surface area contributed by atoms with Crippen molar-refractivity contribution < 1.29 is 17.9 Å². The molecule has 3 nitrogen and oxygen atoms in total. The molecule has 0 amide bonds. The van der Waals surface area contributed by atoms with Crippen LogP contribution in [0, 0.1) is 5.92 Å². The first-order valence-electron chi connectivity index (χ1n) is 5.26. The summed E-state index contributed by atoms with van der Waals surface area (Å²) in [6.45, 7) is 6.06. The first-order valence-corrected chi connectivity index (χ1v) is 5.26. The maximum atomic E-state index is 11.9. The quantitative estimate of drug-likeness (QED) is 0.886. The van der Waals surface area contributed by atoms with Crippen LogP contribution in [-0.2, 0) is 0 Å². The SMILES string of the molecule is CC(C)C(C)Nc1ccc(OC(F)(F)F)cn1. The normalized spacial score (nSPS) is 13.6. The fraction of sp³-hybridized carbons (Fsp3) is 0.545. The highest BCUT2D eigenvalue weighted by atomic mass is 19.4. The van der Waals surface area contributed by atoms with Gasteiger partial charge in [-0.2, -0.15) is 0 Å². The van der Waals surface area contributed by atoms with Crippen molar-refractivity contribution in [1.29, 1.82) is 0 Å². The summed E-state index contributed by atoms with van der Waals surface area (Å²) in [5.41, 5.74) is 0. The van der Waals surface area contributed by atoms with E-state index >= 15 is 0 Å². The lowest BCUT2D eigenvalue weighted by Gasteiger charge is -2.18. The minimum Gasteiger partial charge on any atom is -0.404 e. The number of halogens is 3. The van der Waals surface area contributed by atoms with Gasteiger partial charge >= 0.3 is 6.36 Å². The van der Waals surface area contributed by atoms with E-state index in [-0.39, 0.29) is 11.8 Å². The second-order valence-electron chi connectivity index (χ2n) is 4.10. The molecule has 6 heteroatoms. The van der Waals surface area contributed by atoms with Gasteiger partial charge in [0.2, 0.25) is 0 Å². The molecular formula is C11H15F3N2O. The summed E-state index contributed by atoms with van der Waals surface area (Å²) in [5.74, 6) is 0.615. The highest BCUT2D eigenvalue weighted by Gasteiger charge is 2.31. The number of nitrogens with one attached hydrogen (secondary N) is 1. The van der Waals surface area contributed by atoms with E-state index in [2.05, 4.69) is 15.0 Å². The molecule has 1 N–H and O–H groups in total. The lowest BCUT2D eigenvalue weighted by molar-refractivity contribution is -0.274. The van der Waals surface area contributed by atoms with Crippen molar-refractivity contribution >= 4 is 5.82 Å². The highest BCUT2D eigenvalue weighted by Crippen LogP contribution is 2.22. The van der Waals surface area contributed by atoms with Gasteiger partial charge in [-0.3, -0.25) is 0 Å². The second kappa shape index (κ2) is 5.25. The Morgan fingerprint density at radius 1 is 1.24 bits per heavy atom. The average molecular weight is 248 g/mol. The molecule has 96 valence electrons. The molecule has 0 saturated carbocycles. The Morgan fingerprint density at radius 2 is 1.88 bits per heavy atom. The minimum atomic E-state index is -4.68. The molecule has 1 heterocycles. The molecule has 17 heavy (non-hydrogen) atoms. The topological polar surface area (TPSA) is 34.1 Å². The summed E-state index contributed by atoms with van der Waals surface area (Å²) in [6, 6.07) is 2.88. The fourth-order valence-corrected chi connectivity index (χ4v) is 1.06. The molecule has 1 rings (SSSR count). The monoisotopic (exact) mass is 248 g/mol. The van der Waals surface area contributed by atoms with E-state index in [1.807, 2.05) is 20.8 Å². The number of rotatable bonds is 4. The molecule has 1 aromatic rings. The summed E-state index contributed by atoms with van der Waals surface area (Å²) in [6.07, 6.45) is -3.63. The minimum absolute atomic E-state index is 0.192. The molecule has 1 aromatic heterocycles. The van der Waals surface area contributed by atoms with Crippen molar-refractivity contribution in [3.63, 3.8) is 0 Å². The molecule has 1 unspecified atom stereocenters. The van der Waals surface area contributed by atoms with Crippen molar-refractivity contribution in [3.8, 4) is 5.75 Å². The summed E-state index contributed by atoms with van der Waals surface area (Å²) in [7, 11) is 0. The van der Waals surface area contributed by atoms with Gasteiger partial charge in [0, 0.05) is 6.04 Å². The fourth-order valence-electron chi connectivity index (χ4n) is 1.06. The molecule has 0 saturated heterocycles. The Hall–Kier alpha value is -1.46. The van der Waals surface area contributed by atoms with Gasteiger partial charge < -0.3 is 10.1 Å². The lowest BCUT2D eigenvalue weighted by Crippen LogP contribution is -2.22. The van der Waals surface area contributed by atoms with E-state index in [4.69, 9.17) is 0 Å². The van der Waals surface area contributed by atoms with Gasteiger partial charge in [0.15, 0.2) is 0 Å². The van der Waals surface area contributed by atoms with Crippen LogP contribution in [0.15, 0.2) is 18.3 Å². The van der Waals surface area contributed by atoms with Crippen LogP contribution in [0.25, 0.3) is 0 Å². The predicted octanol–water partition coefficient (Wildman–Crippen LogP) is 3.44. The van der Waals surface area contributed by atoms with E-state index in [9.17, 15) is 13.2 Å². The van der Waals surface area contributed by atoms with Crippen molar-refractivity contribution in [1.82, 2.24) is 4.98 Å². The van der Waals surface area contributed by atoms with Crippen LogP contribution in [-0.4, -0.2) is 17.4 Å². The molecule has 0 aliphatic rings. The molecule has 0 fully saturated rings. The van der Waals surface area contributed by atoms with E-state index < -0.39 is 6.36 Å². The molecule has 0 radical (unpaired) electrons. The maximum absolute atomic E-state index is 11.9. The van der Waals surface area contributed by atoms with Crippen LogP contribution in [0.5, 0.6) is 5.75 Å². The van der Waals surface area contributed by atoms with Gasteiger partial charge in [-0.15, -0.1) is 13.2 Å². The second-order valence-corrected chi connectivity index (χ2v) is 4.10. The molecule has 0 aliphatic carbocycles. The summed E-state index contributed by atoms with van der Waals surface area (Å²) in [5, 5.41) is 3.08. The Bertz CT molecular complexity index is 349. The zero-order valence-electron chi connectivity index (χ0n) is 9.88. The third kappa shape index (κ3) is 4.93. The van der Waals surface area contributed by atoms with Gasteiger partial charge in [0.1, 0.15) is 11.6 Å². The van der Waals surface area contributed by atoms with E-state index in [1.165, 1.54) is 12.1 Å². The van der Waals surface area contributed by atoms with Gasteiger partial charge in [0.25, 0.3) is 0 Å². The Labute approximate surface area is 98.0 Å². The Morgan fingerprint density at radius 3 is 2.29 bits per heavy atom. The van der Waals surface area contributed by atoms with Gasteiger partial charge in [-0.1, -0.05) is 13.8 Å². The van der Waals surface area contributed by atoms with Gasteiger partial charge in [0.05, 0.1) is 6.20 Å². The van der Waals surface area contributed by atoms with Crippen molar-refractivity contribution in [2.75, 3.05) is 5.32 Å². The number of pyridine rings is 1. The van der Waals surface area contributed by atoms with Crippen molar-refractivity contribution in [2.24, 2.45) is 5.92 Å². The van der Waals surface area contributed by atoms with Crippen LogP contribution in [0.2, 0.25) is 0 Å². The molecule has 1 atom stereocenters. The number of hydrogen-bond acceptors (Lipinski definition) is 3. The van der Waals surface area contributed by atoms with Crippen LogP contribution < -0.4 is 10.1 Å². The number of hydrogen-bond donors (Lipinski definition) is 1. The van der Waals surface area contributed by atoms with Gasteiger partial charge in [-0.25, -0.2) is 4.98 Å². The van der Waals surface area contributed by atoms with E-state index in [0.717, 1.165) is 6.20 Å². The number of ether oxygens (including phenoxy) is 1. The van der Waals surface area contributed by atoms with Crippen LogP contribution in [0.4, 0.5) is 19.0 Å². The predicted molar refractivity (Wildman–Crippen MR) is 58.8 cm³/mol. The van der Waals surface area contributed by atoms with Gasteiger partial charge in [-0.05, 0) is 25.0 Å². The van der Waals surface area contributed by atoms with Crippen molar-refractivity contribution in [3.05, 3.63) is 18.3 Å². The third-order valence-corrected chi connectivity index (χ3v) is 2.35. The number of anilines is 1. The third-order valence-electron chi connectivity index (χ3n) is 2.35. The highest BCUT2D eigenvalue weighted by molar-refractivity contribution is 5.38. The molecule has 0 bridgehead atoms. The zero-order chi connectivity index (χ0) is 13.1. The first-order chi connectivity index (χ1) is 7.78. The molecule has 0 spiro atoms. The average Bonchev–Trinajstić information content (AvgIpc) is 2.18. The van der Waals surface area contributed by atoms with Crippen LogP contribution in [0.3, 0.4) is 0 Å².